The Hall–Kier alpha value is -0.0900. The molecule has 3 nitrogen and oxygen atoms in total. The number of hydrogen-bond donors (Lipinski definition) is 1. The normalized spacial score (nSPS) is 39.9. The molecule has 1 aliphatic rings. The van der Waals surface area contributed by atoms with Crippen molar-refractivity contribution >= 4 is 21.9 Å². The van der Waals surface area contributed by atoms with E-state index in [1.165, 1.54) is 0 Å². The summed E-state index contributed by atoms with van der Waals surface area (Å²) in [4.78, 5) is 10.8. The fourth-order valence-electron chi connectivity index (χ4n) is 0.910. The molecule has 0 amide bonds. The van der Waals surface area contributed by atoms with Crippen LogP contribution in [-0.2, 0) is 9.53 Å². The van der Waals surface area contributed by atoms with E-state index in [1.807, 2.05) is 0 Å². The summed E-state index contributed by atoms with van der Waals surface area (Å²) in [7, 11) is 0. The van der Waals surface area contributed by atoms with Gasteiger partial charge in [-0.2, -0.15) is 0 Å². The van der Waals surface area contributed by atoms with Crippen LogP contribution < -0.4 is 0 Å². The molecule has 3 atom stereocenters. The molecule has 2 unspecified atom stereocenters. The number of ether oxygens (including phenoxy) is 1. The zero-order chi connectivity index (χ0) is 7.72. The zero-order valence-corrected chi connectivity index (χ0v) is 7.17. The van der Waals surface area contributed by atoms with Gasteiger partial charge in [0.2, 0.25) is 0 Å². The summed E-state index contributed by atoms with van der Waals surface area (Å²) in [5.41, 5.74) is 0. The molecule has 0 spiro atoms. The molecule has 0 aromatic heterocycles. The number of halogens is 1. The van der Waals surface area contributed by atoms with Gasteiger partial charge in [0.1, 0.15) is 12.2 Å². The highest BCUT2D eigenvalue weighted by Gasteiger charge is 2.39. The van der Waals surface area contributed by atoms with Gasteiger partial charge in [-0.15, -0.1) is 0 Å². The van der Waals surface area contributed by atoms with E-state index in [0.717, 1.165) is 0 Å². The number of esters is 1. The quantitative estimate of drug-likeness (QED) is 0.499. The highest BCUT2D eigenvalue weighted by Crippen LogP contribution is 2.22. The highest BCUT2D eigenvalue weighted by atomic mass is 79.9. The Morgan fingerprint density at radius 1 is 1.80 bits per heavy atom. The van der Waals surface area contributed by atoms with Gasteiger partial charge in [0.05, 0.1) is 5.92 Å². The Labute approximate surface area is 67.5 Å². The lowest BCUT2D eigenvalue weighted by Crippen LogP contribution is -2.26. The monoisotopic (exact) mass is 208 g/mol. The van der Waals surface area contributed by atoms with Crippen LogP contribution in [-0.4, -0.2) is 28.6 Å². The van der Waals surface area contributed by atoms with Crippen molar-refractivity contribution < 1.29 is 14.6 Å². The fraction of sp³-hybridized carbons (Fsp3) is 0.833. The minimum atomic E-state index is -0.646. The Balaban J connectivity index is 2.61. The Kier molecular flexibility index (Phi) is 2.31. The van der Waals surface area contributed by atoms with Gasteiger partial charge in [-0.25, -0.2) is 0 Å². The van der Waals surface area contributed by atoms with Gasteiger partial charge >= 0.3 is 5.97 Å². The van der Waals surface area contributed by atoms with Crippen LogP contribution >= 0.6 is 15.9 Å². The lowest BCUT2D eigenvalue weighted by atomic mass is 10.1. The first-order valence-electron chi connectivity index (χ1n) is 3.11. The molecule has 1 N–H and O–H groups in total. The van der Waals surface area contributed by atoms with Gasteiger partial charge in [0, 0.05) is 5.33 Å². The molecular formula is C6H9BrO3. The molecule has 0 radical (unpaired) electrons. The number of carbonyl (C=O) groups is 1. The van der Waals surface area contributed by atoms with Crippen LogP contribution in [0.5, 0.6) is 0 Å². The maximum absolute atomic E-state index is 10.8. The van der Waals surface area contributed by atoms with Gasteiger partial charge < -0.3 is 9.84 Å². The molecule has 1 aliphatic heterocycles. The molecule has 10 heavy (non-hydrogen) atoms. The standard InChI is InChI=1S/C6H9BrO3/c1-3-5(8)4(2-7)10-6(3)9/h3-5,8H,2H2,1H3/t3-,4?,5?/m1/s1. The summed E-state index contributed by atoms with van der Waals surface area (Å²) in [6.07, 6.45) is -1.01. The Morgan fingerprint density at radius 2 is 2.40 bits per heavy atom. The van der Waals surface area contributed by atoms with E-state index in [4.69, 9.17) is 4.74 Å². The average molecular weight is 209 g/mol. The van der Waals surface area contributed by atoms with Crippen molar-refractivity contribution in [1.82, 2.24) is 0 Å². The van der Waals surface area contributed by atoms with Crippen LogP contribution in [0.15, 0.2) is 0 Å². The van der Waals surface area contributed by atoms with E-state index in [0.29, 0.717) is 5.33 Å². The summed E-state index contributed by atoms with van der Waals surface area (Å²) in [6, 6.07) is 0. The number of carbonyl (C=O) groups excluding carboxylic acids is 1. The predicted molar refractivity (Wildman–Crippen MR) is 38.8 cm³/mol. The molecular weight excluding hydrogens is 200 g/mol. The largest absolute Gasteiger partial charge is 0.458 e. The summed E-state index contributed by atoms with van der Waals surface area (Å²) in [5, 5.41) is 9.76. The van der Waals surface area contributed by atoms with Crippen molar-refractivity contribution in [2.75, 3.05) is 5.33 Å². The summed E-state index contributed by atoms with van der Waals surface area (Å²) in [6.45, 7) is 1.66. The van der Waals surface area contributed by atoms with E-state index in [1.54, 1.807) is 6.92 Å². The molecule has 1 heterocycles. The predicted octanol–water partition coefficient (Wildman–Crippen LogP) is 0.304. The van der Waals surface area contributed by atoms with E-state index < -0.39 is 6.10 Å². The van der Waals surface area contributed by atoms with Crippen molar-refractivity contribution in [2.24, 2.45) is 5.92 Å². The molecule has 1 fully saturated rings. The van der Waals surface area contributed by atoms with E-state index in [2.05, 4.69) is 15.9 Å². The highest BCUT2D eigenvalue weighted by molar-refractivity contribution is 9.09. The molecule has 0 aromatic carbocycles. The summed E-state index contributed by atoms with van der Waals surface area (Å²) >= 11 is 3.13. The van der Waals surface area contributed by atoms with Crippen molar-refractivity contribution in [1.29, 1.82) is 0 Å². The fourth-order valence-corrected chi connectivity index (χ4v) is 1.43. The molecule has 1 rings (SSSR count). The third-order valence-corrected chi connectivity index (χ3v) is 2.32. The first-order chi connectivity index (χ1) is 4.66. The third-order valence-electron chi connectivity index (χ3n) is 1.68. The number of aliphatic hydroxyl groups is 1. The molecule has 58 valence electrons. The number of aliphatic hydroxyl groups excluding tert-OH is 1. The van der Waals surface area contributed by atoms with Crippen LogP contribution in [0.4, 0.5) is 0 Å². The zero-order valence-electron chi connectivity index (χ0n) is 5.58. The van der Waals surface area contributed by atoms with E-state index >= 15 is 0 Å². The first kappa shape index (κ1) is 8.01. The summed E-state index contributed by atoms with van der Waals surface area (Å²) in [5.74, 6) is -0.681. The number of alkyl halides is 1. The molecule has 0 aromatic rings. The molecule has 4 heteroatoms. The number of hydrogen-bond acceptors (Lipinski definition) is 3. The molecule has 1 saturated heterocycles. The Bertz CT molecular complexity index is 148. The minimum absolute atomic E-state index is 0.308. The van der Waals surface area contributed by atoms with Gasteiger partial charge in [-0.1, -0.05) is 15.9 Å². The van der Waals surface area contributed by atoms with Crippen LogP contribution in [0, 0.1) is 5.92 Å². The molecule has 0 saturated carbocycles. The summed E-state index contributed by atoms with van der Waals surface area (Å²) < 4.78 is 4.80. The van der Waals surface area contributed by atoms with Crippen LogP contribution in [0.25, 0.3) is 0 Å². The second kappa shape index (κ2) is 2.88. The van der Waals surface area contributed by atoms with Crippen molar-refractivity contribution in [3.8, 4) is 0 Å². The number of rotatable bonds is 1. The SMILES string of the molecule is C[C@H]1C(=O)OC(CBr)C1O. The maximum Gasteiger partial charge on any atom is 0.311 e. The van der Waals surface area contributed by atoms with Crippen molar-refractivity contribution in [3.63, 3.8) is 0 Å². The Morgan fingerprint density at radius 3 is 2.60 bits per heavy atom. The van der Waals surface area contributed by atoms with Crippen molar-refractivity contribution in [2.45, 2.75) is 19.1 Å². The lowest BCUT2D eigenvalue weighted by molar-refractivity contribution is -0.143. The third kappa shape index (κ3) is 1.18. The van der Waals surface area contributed by atoms with Gasteiger partial charge in [-0.05, 0) is 6.92 Å². The second-order valence-corrected chi connectivity index (χ2v) is 3.06. The van der Waals surface area contributed by atoms with E-state index in [9.17, 15) is 9.90 Å². The molecule has 0 bridgehead atoms. The number of cyclic esters (lactones) is 1. The van der Waals surface area contributed by atoms with Crippen LogP contribution in [0.3, 0.4) is 0 Å². The van der Waals surface area contributed by atoms with Crippen LogP contribution in [0.2, 0.25) is 0 Å². The van der Waals surface area contributed by atoms with Gasteiger partial charge in [0.25, 0.3) is 0 Å². The second-order valence-electron chi connectivity index (χ2n) is 2.41. The van der Waals surface area contributed by atoms with Gasteiger partial charge in [-0.3, -0.25) is 4.79 Å². The van der Waals surface area contributed by atoms with Gasteiger partial charge in [0.15, 0.2) is 0 Å². The topological polar surface area (TPSA) is 46.5 Å². The van der Waals surface area contributed by atoms with Crippen LogP contribution in [0.1, 0.15) is 6.92 Å². The van der Waals surface area contributed by atoms with Crippen molar-refractivity contribution in [3.05, 3.63) is 0 Å². The smallest absolute Gasteiger partial charge is 0.311 e. The molecule has 0 aliphatic carbocycles. The van der Waals surface area contributed by atoms with E-state index in [-0.39, 0.29) is 18.0 Å². The first-order valence-corrected chi connectivity index (χ1v) is 4.23. The lowest BCUT2D eigenvalue weighted by Gasteiger charge is -2.08. The minimum Gasteiger partial charge on any atom is -0.458 e. The average Bonchev–Trinajstić information content (AvgIpc) is 2.17. The maximum atomic E-state index is 10.8.